The van der Waals surface area contributed by atoms with Crippen LogP contribution in [0, 0.1) is 11.8 Å². The molecule has 0 spiro atoms. The van der Waals surface area contributed by atoms with Crippen LogP contribution < -0.4 is 10.6 Å². The molecule has 10 heteroatoms. The van der Waals surface area contributed by atoms with E-state index in [1.165, 1.54) is 0 Å². The summed E-state index contributed by atoms with van der Waals surface area (Å²) in [6, 6.07) is 8.53. The Morgan fingerprint density at radius 1 is 1.17 bits per heavy atom. The van der Waals surface area contributed by atoms with E-state index in [1.54, 1.807) is 36.1 Å². The summed E-state index contributed by atoms with van der Waals surface area (Å²) >= 11 is 0. The van der Waals surface area contributed by atoms with Crippen LogP contribution in [-0.4, -0.2) is 32.0 Å². The van der Waals surface area contributed by atoms with Crippen LogP contribution in [0.5, 0.6) is 0 Å². The Kier molecular flexibility index (Phi) is 6.00. The fourth-order valence-electron chi connectivity index (χ4n) is 5.29. The molecule has 3 N–H and O–H groups in total. The molecule has 1 aliphatic carbocycles. The number of aromatic nitrogens is 3. The second kappa shape index (κ2) is 8.99. The van der Waals surface area contributed by atoms with E-state index in [9.17, 15) is 23.1 Å². The highest BCUT2D eigenvalue weighted by Gasteiger charge is 2.45. The van der Waals surface area contributed by atoms with Gasteiger partial charge < -0.3 is 15.7 Å². The molecule has 1 aromatic carbocycles. The number of amides is 1. The SMILES string of the molecule is CC1=C(C(=O)Nc2ccc3cnccc3c2)C(C2CCC(C(F)(F)F)CC2)n2nc(CO)cc2N1. The Morgan fingerprint density at radius 3 is 2.66 bits per heavy atom. The summed E-state index contributed by atoms with van der Waals surface area (Å²) < 4.78 is 41.5. The third-order valence-corrected chi connectivity index (χ3v) is 7.05. The average Bonchev–Trinajstić information content (AvgIpc) is 3.25. The first-order valence-electron chi connectivity index (χ1n) is 11.6. The highest BCUT2D eigenvalue weighted by molar-refractivity contribution is 6.06. The second-order valence-corrected chi connectivity index (χ2v) is 9.28. The van der Waals surface area contributed by atoms with Crippen LogP contribution >= 0.6 is 0 Å². The van der Waals surface area contributed by atoms with E-state index >= 15 is 0 Å². The molecular weight excluding hydrogens is 459 g/mol. The number of benzene rings is 1. The van der Waals surface area contributed by atoms with Crippen molar-refractivity contribution in [3.8, 4) is 0 Å². The van der Waals surface area contributed by atoms with E-state index in [0.29, 0.717) is 41.3 Å². The number of anilines is 2. The number of halogens is 3. The zero-order valence-electron chi connectivity index (χ0n) is 19.1. The number of carbonyl (C=O) groups excluding carboxylic acids is 1. The molecule has 7 nitrogen and oxygen atoms in total. The molecular formula is C25H26F3N5O2. The van der Waals surface area contributed by atoms with Gasteiger partial charge in [0.05, 0.1) is 29.8 Å². The van der Waals surface area contributed by atoms with Crippen molar-refractivity contribution in [2.45, 2.75) is 51.4 Å². The molecule has 2 aromatic heterocycles. The van der Waals surface area contributed by atoms with Crippen LogP contribution in [0.25, 0.3) is 10.8 Å². The largest absolute Gasteiger partial charge is 0.391 e. The number of alkyl halides is 3. The smallest absolute Gasteiger partial charge is 0.390 e. The summed E-state index contributed by atoms with van der Waals surface area (Å²) in [6.45, 7) is 1.51. The maximum absolute atomic E-state index is 13.6. The molecule has 35 heavy (non-hydrogen) atoms. The molecule has 0 saturated heterocycles. The maximum Gasteiger partial charge on any atom is 0.391 e. The van der Waals surface area contributed by atoms with Gasteiger partial charge in [-0.1, -0.05) is 6.07 Å². The molecule has 0 bridgehead atoms. The van der Waals surface area contributed by atoms with E-state index in [-0.39, 0.29) is 31.3 Å². The van der Waals surface area contributed by atoms with E-state index in [0.717, 1.165) is 10.8 Å². The molecule has 3 aromatic rings. The summed E-state index contributed by atoms with van der Waals surface area (Å²) in [4.78, 5) is 17.7. The van der Waals surface area contributed by atoms with E-state index in [2.05, 4.69) is 20.7 Å². The fraction of sp³-hybridized carbons (Fsp3) is 0.400. The van der Waals surface area contributed by atoms with Crippen molar-refractivity contribution < 1.29 is 23.1 Å². The number of nitrogens with one attached hydrogen (secondary N) is 2. The number of allylic oxidation sites excluding steroid dienone is 1. The van der Waals surface area contributed by atoms with Gasteiger partial charge in [0.1, 0.15) is 5.82 Å². The Morgan fingerprint density at radius 2 is 1.94 bits per heavy atom. The van der Waals surface area contributed by atoms with Gasteiger partial charge in [0.2, 0.25) is 0 Å². The number of hydrogen-bond acceptors (Lipinski definition) is 5. The Hall–Kier alpha value is -3.40. The molecule has 5 rings (SSSR count). The first-order valence-corrected chi connectivity index (χ1v) is 11.6. The lowest BCUT2D eigenvalue weighted by atomic mass is 9.75. The second-order valence-electron chi connectivity index (χ2n) is 9.28. The van der Waals surface area contributed by atoms with Crippen molar-refractivity contribution in [2.24, 2.45) is 11.8 Å². The van der Waals surface area contributed by atoms with Crippen LogP contribution in [0.15, 0.2) is 54.0 Å². The number of carbonyl (C=O) groups is 1. The predicted octanol–water partition coefficient (Wildman–Crippen LogP) is 5.17. The highest BCUT2D eigenvalue weighted by atomic mass is 19.4. The molecule has 1 unspecified atom stereocenters. The molecule has 184 valence electrons. The third-order valence-electron chi connectivity index (χ3n) is 7.05. The summed E-state index contributed by atoms with van der Waals surface area (Å²) in [5.74, 6) is -1.23. The topological polar surface area (TPSA) is 92.1 Å². The van der Waals surface area contributed by atoms with Gasteiger partial charge in [0.15, 0.2) is 0 Å². The van der Waals surface area contributed by atoms with Gasteiger partial charge in [-0.3, -0.25) is 9.78 Å². The normalized spacial score (nSPS) is 22.6. The minimum atomic E-state index is -4.21. The average molecular weight is 486 g/mol. The number of nitrogens with zero attached hydrogens (tertiary/aromatic N) is 3. The van der Waals surface area contributed by atoms with Crippen molar-refractivity contribution >= 4 is 28.2 Å². The van der Waals surface area contributed by atoms with Crippen molar-refractivity contribution in [3.63, 3.8) is 0 Å². The number of rotatable bonds is 4. The van der Waals surface area contributed by atoms with Crippen molar-refractivity contribution in [2.75, 3.05) is 10.6 Å². The molecule has 1 amide bonds. The van der Waals surface area contributed by atoms with E-state index < -0.39 is 18.1 Å². The monoisotopic (exact) mass is 485 g/mol. The van der Waals surface area contributed by atoms with Gasteiger partial charge in [-0.25, -0.2) is 4.68 Å². The van der Waals surface area contributed by atoms with E-state index in [4.69, 9.17) is 0 Å². The van der Waals surface area contributed by atoms with Gasteiger partial charge in [0.25, 0.3) is 5.91 Å². The van der Waals surface area contributed by atoms with Crippen molar-refractivity contribution in [1.82, 2.24) is 14.8 Å². The first-order chi connectivity index (χ1) is 16.7. The lowest BCUT2D eigenvalue weighted by Gasteiger charge is -2.38. The van der Waals surface area contributed by atoms with Crippen LogP contribution in [-0.2, 0) is 11.4 Å². The zero-order valence-corrected chi connectivity index (χ0v) is 19.1. The zero-order chi connectivity index (χ0) is 24.7. The van der Waals surface area contributed by atoms with Gasteiger partial charge in [0, 0.05) is 35.2 Å². The molecule has 1 fully saturated rings. The Bertz CT molecular complexity index is 1290. The maximum atomic E-state index is 13.6. The summed E-state index contributed by atoms with van der Waals surface area (Å²) in [7, 11) is 0. The van der Waals surface area contributed by atoms with Crippen molar-refractivity contribution in [1.29, 1.82) is 0 Å². The van der Waals surface area contributed by atoms with Gasteiger partial charge in [-0.2, -0.15) is 18.3 Å². The van der Waals surface area contributed by atoms with Crippen LogP contribution in [0.1, 0.15) is 44.3 Å². The van der Waals surface area contributed by atoms with E-state index in [1.807, 2.05) is 18.2 Å². The predicted molar refractivity (Wildman–Crippen MR) is 125 cm³/mol. The lowest BCUT2D eigenvalue weighted by molar-refractivity contribution is -0.184. The van der Waals surface area contributed by atoms with Gasteiger partial charge in [-0.15, -0.1) is 0 Å². The molecule has 2 aliphatic rings. The minimum Gasteiger partial charge on any atom is -0.390 e. The summed E-state index contributed by atoms with van der Waals surface area (Å²) in [5, 5.41) is 22.1. The quantitative estimate of drug-likeness (QED) is 0.474. The fourth-order valence-corrected chi connectivity index (χ4v) is 5.29. The number of pyridine rings is 1. The van der Waals surface area contributed by atoms with Gasteiger partial charge in [-0.05, 0) is 62.1 Å². The number of fused-ring (bicyclic) bond motifs is 2. The lowest BCUT2D eigenvalue weighted by Crippen LogP contribution is -2.37. The molecule has 0 radical (unpaired) electrons. The van der Waals surface area contributed by atoms with Crippen LogP contribution in [0.2, 0.25) is 0 Å². The third kappa shape index (κ3) is 4.50. The Labute approximate surface area is 200 Å². The van der Waals surface area contributed by atoms with Crippen LogP contribution in [0.3, 0.4) is 0 Å². The number of aliphatic hydroxyl groups is 1. The molecule has 1 atom stereocenters. The van der Waals surface area contributed by atoms with Crippen LogP contribution in [0.4, 0.5) is 24.7 Å². The number of hydrogen-bond donors (Lipinski definition) is 3. The Balaban J connectivity index is 1.46. The molecule has 1 saturated carbocycles. The standard InChI is InChI=1S/C25H26F3N5O2/c1-14-22(24(35)31-19-7-4-17-12-29-9-8-16(17)10-19)23(33-21(30-14)11-20(13-34)32-33)15-2-5-18(6-3-15)25(26,27)28/h4,7-12,15,18,23,30,34H,2-3,5-6,13H2,1H3,(H,31,35). The highest BCUT2D eigenvalue weighted by Crippen LogP contribution is 2.47. The van der Waals surface area contributed by atoms with Gasteiger partial charge >= 0.3 is 6.18 Å². The van der Waals surface area contributed by atoms with Crippen molar-refractivity contribution in [3.05, 3.63) is 59.7 Å². The molecule has 3 heterocycles. The minimum absolute atomic E-state index is 0.0220. The number of aliphatic hydroxyl groups excluding tert-OH is 1. The molecule has 1 aliphatic heterocycles. The first kappa shape index (κ1) is 23.3. The summed E-state index contributed by atoms with van der Waals surface area (Å²) in [6.07, 6.45) is -0.0911. The summed E-state index contributed by atoms with van der Waals surface area (Å²) in [5.41, 5.74) is 2.10.